The van der Waals surface area contributed by atoms with Gasteiger partial charge in [0.25, 0.3) is 0 Å². The molecule has 1 aliphatic rings. The Kier molecular flexibility index (Phi) is 5.07. The van der Waals surface area contributed by atoms with E-state index in [9.17, 15) is 5.11 Å². The molecule has 2 nitrogen and oxygen atoms in total. The second kappa shape index (κ2) is 6.58. The molecule has 0 aromatic heterocycles. The lowest BCUT2D eigenvalue weighted by Gasteiger charge is -2.33. The van der Waals surface area contributed by atoms with Gasteiger partial charge in [0.2, 0.25) is 0 Å². The zero-order chi connectivity index (χ0) is 13.0. The number of benzene rings is 1. The van der Waals surface area contributed by atoms with Crippen molar-refractivity contribution in [1.82, 2.24) is 0 Å². The topological polar surface area (TPSA) is 23.5 Å². The number of hydrogen-bond donors (Lipinski definition) is 1. The maximum Gasteiger partial charge on any atom is 0.0702 e. The van der Waals surface area contributed by atoms with Crippen LogP contribution in [-0.4, -0.2) is 17.7 Å². The van der Waals surface area contributed by atoms with Crippen LogP contribution in [0.2, 0.25) is 0 Å². The van der Waals surface area contributed by atoms with Crippen LogP contribution in [0.1, 0.15) is 44.6 Å². The summed E-state index contributed by atoms with van der Waals surface area (Å²) in [6, 6.07) is 6.80. The average Bonchev–Trinajstić information content (AvgIpc) is 2.63. The van der Waals surface area contributed by atoms with Crippen LogP contribution < -0.4 is 4.90 Å². The summed E-state index contributed by atoms with van der Waals surface area (Å²) < 4.78 is 1.09. The second-order valence-corrected chi connectivity index (χ2v) is 5.95. The van der Waals surface area contributed by atoms with Crippen molar-refractivity contribution in [3.63, 3.8) is 0 Å². The number of rotatable bonds is 3. The molecule has 1 unspecified atom stereocenters. The zero-order valence-electron chi connectivity index (χ0n) is 11.0. The van der Waals surface area contributed by atoms with Crippen molar-refractivity contribution >= 4 is 21.6 Å². The van der Waals surface area contributed by atoms with Crippen molar-refractivity contribution in [2.75, 3.05) is 11.4 Å². The lowest BCUT2D eigenvalue weighted by atomic mass is 10.1. The molecule has 1 fully saturated rings. The van der Waals surface area contributed by atoms with Gasteiger partial charge in [-0.05, 0) is 31.4 Å². The molecule has 0 aliphatic carbocycles. The standard InChI is InChI=1S/C15H22BrNO/c1-2-14-6-4-3-5-9-17(14)15-10-13(16)8-7-12(15)11-18/h7-8,10,14,18H,2-6,9,11H2,1H3. The first-order chi connectivity index (χ1) is 8.76. The van der Waals surface area contributed by atoms with E-state index >= 15 is 0 Å². The molecule has 0 saturated carbocycles. The number of aliphatic hydroxyl groups is 1. The number of anilines is 1. The zero-order valence-corrected chi connectivity index (χ0v) is 12.6. The molecule has 2 rings (SSSR count). The summed E-state index contributed by atoms with van der Waals surface area (Å²) in [6.45, 7) is 3.50. The van der Waals surface area contributed by atoms with Gasteiger partial charge >= 0.3 is 0 Å². The molecule has 18 heavy (non-hydrogen) atoms. The molecular weight excluding hydrogens is 290 g/mol. The Balaban J connectivity index is 2.34. The third-order valence-electron chi connectivity index (χ3n) is 3.88. The smallest absolute Gasteiger partial charge is 0.0702 e. The molecule has 1 aliphatic heterocycles. The third-order valence-corrected chi connectivity index (χ3v) is 4.37. The number of nitrogens with zero attached hydrogens (tertiary/aromatic N) is 1. The van der Waals surface area contributed by atoms with Crippen molar-refractivity contribution in [3.8, 4) is 0 Å². The van der Waals surface area contributed by atoms with Gasteiger partial charge in [-0.1, -0.05) is 41.8 Å². The van der Waals surface area contributed by atoms with Gasteiger partial charge in [-0.15, -0.1) is 0 Å². The van der Waals surface area contributed by atoms with Crippen LogP contribution in [0.3, 0.4) is 0 Å². The fraction of sp³-hybridized carbons (Fsp3) is 0.600. The van der Waals surface area contributed by atoms with Crippen LogP contribution in [0.5, 0.6) is 0 Å². The number of halogens is 1. The van der Waals surface area contributed by atoms with Gasteiger partial charge in [0.1, 0.15) is 0 Å². The van der Waals surface area contributed by atoms with Crippen LogP contribution in [0.25, 0.3) is 0 Å². The minimum atomic E-state index is 0.121. The molecular formula is C15H22BrNO. The molecule has 1 saturated heterocycles. The summed E-state index contributed by atoms with van der Waals surface area (Å²) in [4.78, 5) is 2.50. The summed E-state index contributed by atoms with van der Waals surface area (Å²) in [6.07, 6.45) is 6.37. The summed E-state index contributed by atoms with van der Waals surface area (Å²) >= 11 is 3.55. The van der Waals surface area contributed by atoms with Crippen molar-refractivity contribution in [2.45, 2.75) is 51.7 Å². The van der Waals surface area contributed by atoms with Crippen molar-refractivity contribution < 1.29 is 5.11 Å². The first-order valence-electron chi connectivity index (χ1n) is 6.92. The van der Waals surface area contributed by atoms with E-state index in [1.54, 1.807) is 0 Å². The van der Waals surface area contributed by atoms with Crippen LogP contribution in [0.4, 0.5) is 5.69 Å². The Morgan fingerprint density at radius 2 is 2.17 bits per heavy atom. The summed E-state index contributed by atoms with van der Waals surface area (Å²) in [5.41, 5.74) is 2.25. The van der Waals surface area contributed by atoms with Gasteiger partial charge < -0.3 is 10.0 Å². The maximum atomic E-state index is 9.53. The van der Waals surface area contributed by atoms with Crippen molar-refractivity contribution in [2.24, 2.45) is 0 Å². The van der Waals surface area contributed by atoms with Gasteiger partial charge in [0.15, 0.2) is 0 Å². The molecule has 1 N–H and O–H groups in total. The van der Waals surface area contributed by atoms with Crippen LogP contribution in [0.15, 0.2) is 22.7 Å². The Morgan fingerprint density at radius 1 is 1.33 bits per heavy atom. The highest BCUT2D eigenvalue weighted by Crippen LogP contribution is 2.31. The van der Waals surface area contributed by atoms with E-state index in [0.29, 0.717) is 6.04 Å². The van der Waals surface area contributed by atoms with Crippen molar-refractivity contribution in [3.05, 3.63) is 28.2 Å². The highest BCUT2D eigenvalue weighted by atomic mass is 79.9. The van der Waals surface area contributed by atoms with E-state index in [-0.39, 0.29) is 6.61 Å². The van der Waals surface area contributed by atoms with Crippen LogP contribution in [-0.2, 0) is 6.61 Å². The number of hydrogen-bond acceptors (Lipinski definition) is 2. The average molecular weight is 312 g/mol. The lowest BCUT2D eigenvalue weighted by Crippen LogP contribution is -2.35. The Hall–Kier alpha value is -0.540. The van der Waals surface area contributed by atoms with Crippen LogP contribution in [0, 0.1) is 0 Å². The summed E-state index contributed by atoms with van der Waals surface area (Å²) in [5.74, 6) is 0. The van der Waals surface area contributed by atoms with E-state index in [4.69, 9.17) is 0 Å². The van der Waals surface area contributed by atoms with E-state index in [2.05, 4.69) is 33.8 Å². The molecule has 0 spiro atoms. The monoisotopic (exact) mass is 311 g/mol. The molecule has 1 heterocycles. The van der Waals surface area contributed by atoms with E-state index in [0.717, 1.165) is 16.6 Å². The van der Waals surface area contributed by atoms with Gasteiger partial charge in [-0.2, -0.15) is 0 Å². The first-order valence-corrected chi connectivity index (χ1v) is 7.71. The fourth-order valence-corrected chi connectivity index (χ4v) is 3.21. The highest BCUT2D eigenvalue weighted by Gasteiger charge is 2.21. The quantitative estimate of drug-likeness (QED) is 0.908. The summed E-state index contributed by atoms with van der Waals surface area (Å²) in [7, 11) is 0. The molecule has 100 valence electrons. The molecule has 1 atom stereocenters. The molecule has 1 aromatic carbocycles. The largest absolute Gasteiger partial charge is 0.392 e. The molecule has 0 bridgehead atoms. The van der Waals surface area contributed by atoms with E-state index < -0.39 is 0 Å². The van der Waals surface area contributed by atoms with E-state index in [1.165, 1.54) is 37.8 Å². The Labute approximate surface area is 118 Å². The van der Waals surface area contributed by atoms with Crippen molar-refractivity contribution in [1.29, 1.82) is 0 Å². The Morgan fingerprint density at radius 3 is 2.89 bits per heavy atom. The lowest BCUT2D eigenvalue weighted by molar-refractivity contribution is 0.281. The number of aliphatic hydroxyl groups excluding tert-OH is 1. The summed E-state index contributed by atoms with van der Waals surface area (Å²) in [5, 5.41) is 9.53. The van der Waals surface area contributed by atoms with E-state index in [1.807, 2.05) is 12.1 Å². The van der Waals surface area contributed by atoms with Gasteiger partial charge in [-0.3, -0.25) is 0 Å². The van der Waals surface area contributed by atoms with Gasteiger partial charge in [0, 0.05) is 28.3 Å². The third kappa shape index (κ3) is 3.07. The van der Waals surface area contributed by atoms with Crippen LogP contribution >= 0.6 is 15.9 Å². The Bertz CT molecular complexity index is 394. The predicted octanol–water partition coefficient (Wildman–Crippen LogP) is 4.10. The molecule has 3 heteroatoms. The van der Waals surface area contributed by atoms with Gasteiger partial charge in [0.05, 0.1) is 6.61 Å². The first kappa shape index (κ1) is 13.9. The highest BCUT2D eigenvalue weighted by molar-refractivity contribution is 9.10. The second-order valence-electron chi connectivity index (χ2n) is 5.04. The van der Waals surface area contributed by atoms with Gasteiger partial charge in [-0.25, -0.2) is 0 Å². The minimum absolute atomic E-state index is 0.121. The SMILES string of the molecule is CCC1CCCCCN1c1cc(Br)ccc1CO. The predicted molar refractivity (Wildman–Crippen MR) is 80.0 cm³/mol. The molecule has 0 amide bonds. The normalized spacial score (nSPS) is 20.8. The molecule has 0 radical (unpaired) electrons. The maximum absolute atomic E-state index is 9.53. The fourth-order valence-electron chi connectivity index (χ4n) is 2.86. The molecule has 1 aromatic rings. The minimum Gasteiger partial charge on any atom is -0.392 e.